The smallest absolute Gasteiger partial charge is 0.0698 e. The summed E-state index contributed by atoms with van der Waals surface area (Å²) in [5.41, 5.74) is 0. The third-order valence-corrected chi connectivity index (χ3v) is 3.51. The Hall–Kier alpha value is -0.120. The molecule has 0 radical (unpaired) electrons. The monoisotopic (exact) mass is 215 g/mol. The second-order valence-electron chi connectivity index (χ2n) is 4.75. The van der Waals surface area contributed by atoms with Crippen molar-refractivity contribution < 1.29 is 9.84 Å². The van der Waals surface area contributed by atoms with Crippen molar-refractivity contribution in [2.45, 2.75) is 39.2 Å². The Balaban J connectivity index is 2.02. The summed E-state index contributed by atoms with van der Waals surface area (Å²) in [6.07, 6.45) is 3.93. The molecule has 1 aliphatic carbocycles. The molecule has 3 nitrogen and oxygen atoms in total. The van der Waals surface area contributed by atoms with Crippen molar-refractivity contribution in [1.82, 2.24) is 5.32 Å². The van der Waals surface area contributed by atoms with E-state index in [0.717, 1.165) is 18.4 Å². The fourth-order valence-corrected chi connectivity index (χ4v) is 2.23. The van der Waals surface area contributed by atoms with Crippen molar-refractivity contribution in [3.05, 3.63) is 0 Å². The minimum Gasteiger partial charge on any atom is -0.394 e. The van der Waals surface area contributed by atoms with Gasteiger partial charge in [-0.05, 0) is 31.1 Å². The lowest BCUT2D eigenvalue weighted by Gasteiger charge is -2.32. The summed E-state index contributed by atoms with van der Waals surface area (Å²) in [6, 6.07) is 0.675. The molecule has 2 N–H and O–H groups in total. The van der Waals surface area contributed by atoms with Crippen molar-refractivity contribution in [3.63, 3.8) is 0 Å². The first kappa shape index (κ1) is 12.9. The lowest BCUT2D eigenvalue weighted by Crippen LogP contribution is -2.37. The van der Waals surface area contributed by atoms with Crippen LogP contribution in [0.1, 0.15) is 33.1 Å². The molecule has 3 heteroatoms. The standard InChI is InChI=1S/C12H25NO2/c1-10-3-4-12(9-11(10)2)13-5-7-15-8-6-14/h10-14H,3-9H2,1-2H3/t10-,11-,12-/m0/s1. The van der Waals surface area contributed by atoms with Gasteiger partial charge < -0.3 is 15.2 Å². The van der Waals surface area contributed by atoms with E-state index in [1.807, 2.05) is 0 Å². The van der Waals surface area contributed by atoms with Crippen LogP contribution < -0.4 is 5.32 Å². The minimum atomic E-state index is 0.123. The zero-order valence-corrected chi connectivity index (χ0v) is 10.0. The summed E-state index contributed by atoms with van der Waals surface area (Å²) >= 11 is 0. The van der Waals surface area contributed by atoms with E-state index in [1.54, 1.807) is 0 Å². The molecule has 0 aliphatic heterocycles. The van der Waals surface area contributed by atoms with Crippen LogP contribution in [0.25, 0.3) is 0 Å². The van der Waals surface area contributed by atoms with Gasteiger partial charge in [-0.2, -0.15) is 0 Å². The zero-order chi connectivity index (χ0) is 11.1. The van der Waals surface area contributed by atoms with Gasteiger partial charge in [0.1, 0.15) is 0 Å². The summed E-state index contributed by atoms with van der Waals surface area (Å²) in [5, 5.41) is 12.1. The second-order valence-corrected chi connectivity index (χ2v) is 4.75. The topological polar surface area (TPSA) is 41.5 Å². The molecule has 0 spiro atoms. The maximum absolute atomic E-state index is 8.53. The summed E-state index contributed by atoms with van der Waals surface area (Å²) < 4.78 is 5.21. The fraction of sp³-hybridized carbons (Fsp3) is 1.00. The summed E-state index contributed by atoms with van der Waals surface area (Å²) in [4.78, 5) is 0. The molecular formula is C12H25NO2. The molecule has 0 aromatic rings. The van der Waals surface area contributed by atoms with E-state index in [-0.39, 0.29) is 6.61 Å². The van der Waals surface area contributed by atoms with Gasteiger partial charge in [0.2, 0.25) is 0 Å². The van der Waals surface area contributed by atoms with Gasteiger partial charge in [-0.3, -0.25) is 0 Å². The molecule has 1 saturated carbocycles. The number of rotatable bonds is 6. The Bertz CT molecular complexity index is 164. The molecule has 0 aromatic heterocycles. The first-order chi connectivity index (χ1) is 7.24. The van der Waals surface area contributed by atoms with Gasteiger partial charge in [-0.1, -0.05) is 13.8 Å². The second kappa shape index (κ2) is 7.20. The normalized spacial score (nSPS) is 31.8. The van der Waals surface area contributed by atoms with Crippen LogP contribution in [0.4, 0.5) is 0 Å². The number of aliphatic hydroxyl groups excluding tert-OH is 1. The van der Waals surface area contributed by atoms with Gasteiger partial charge in [-0.25, -0.2) is 0 Å². The molecule has 0 saturated heterocycles. The molecule has 1 aliphatic rings. The van der Waals surface area contributed by atoms with Crippen molar-refractivity contribution in [2.24, 2.45) is 11.8 Å². The predicted molar refractivity (Wildman–Crippen MR) is 61.9 cm³/mol. The van der Waals surface area contributed by atoms with Gasteiger partial charge in [-0.15, -0.1) is 0 Å². The Morgan fingerprint density at radius 2 is 2.00 bits per heavy atom. The zero-order valence-electron chi connectivity index (χ0n) is 10.0. The molecule has 15 heavy (non-hydrogen) atoms. The average molecular weight is 215 g/mol. The largest absolute Gasteiger partial charge is 0.394 e. The van der Waals surface area contributed by atoms with Crippen molar-refractivity contribution in [3.8, 4) is 0 Å². The van der Waals surface area contributed by atoms with E-state index in [9.17, 15) is 0 Å². The Morgan fingerprint density at radius 3 is 2.67 bits per heavy atom. The highest BCUT2D eigenvalue weighted by atomic mass is 16.5. The minimum absolute atomic E-state index is 0.123. The maximum Gasteiger partial charge on any atom is 0.0698 e. The van der Waals surface area contributed by atoms with E-state index in [0.29, 0.717) is 19.3 Å². The van der Waals surface area contributed by atoms with Gasteiger partial charge >= 0.3 is 0 Å². The molecule has 0 amide bonds. The average Bonchev–Trinajstić information content (AvgIpc) is 2.23. The third-order valence-electron chi connectivity index (χ3n) is 3.51. The maximum atomic E-state index is 8.53. The van der Waals surface area contributed by atoms with Crippen molar-refractivity contribution in [2.75, 3.05) is 26.4 Å². The molecule has 0 aromatic carbocycles. The first-order valence-corrected chi connectivity index (χ1v) is 6.16. The van der Waals surface area contributed by atoms with Crippen LogP contribution in [0.15, 0.2) is 0 Å². The van der Waals surface area contributed by atoms with Crippen LogP contribution in [0.2, 0.25) is 0 Å². The number of hydrogen-bond donors (Lipinski definition) is 2. The molecule has 0 heterocycles. The van der Waals surface area contributed by atoms with Crippen molar-refractivity contribution in [1.29, 1.82) is 0 Å². The Labute approximate surface area is 93.2 Å². The van der Waals surface area contributed by atoms with Gasteiger partial charge in [0, 0.05) is 12.6 Å². The predicted octanol–water partition coefficient (Wildman–Crippen LogP) is 1.41. The molecule has 0 unspecified atom stereocenters. The Kier molecular flexibility index (Phi) is 6.22. The van der Waals surface area contributed by atoms with Gasteiger partial charge in [0.15, 0.2) is 0 Å². The summed E-state index contributed by atoms with van der Waals surface area (Å²) in [7, 11) is 0. The number of ether oxygens (including phenoxy) is 1. The van der Waals surface area contributed by atoms with Crippen LogP contribution in [-0.4, -0.2) is 37.5 Å². The molecule has 1 fully saturated rings. The van der Waals surface area contributed by atoms with Gasteiger partial charge in [0.05, 0.1) is 19.8 Å². The third kappa shape index (κ3) is 4.96. The van der Waals surface area contributed by atoms with E-state index in [1.165, 1.54) is 19.3 Å². The fourth-order valence-electron chi connectivity index (χ4n) is 2.23. The van der Waals surface area contributed by atoms with Gasteiger partial charge in [0.25, 0.3) is 0 Å². The van der Waals surface area contributed by atoms with Crippen LogP contribution in [0.3, 0.4) is 0 Å². The summed E-state index contributed by atoms with van der Waals surface area (Å²) in [6.45, 7) is 6.90. The molecule has 90 valence electrons. The van der Waals surface area contributed by atoms with Crippen LogP contribution >= 0.6 is 0 Å². The molecule has 1 rings (SSSR count). The van der Waals surface area contributed by atoms with Crippen LogP contribution in [0.5, 0.6) is 0 Å². The van der Waals surface area contributed by atoms with Crippen LogP contribution in [0, 0.1) is 11.8 Å². The quantitative estimate of drug-likeness (QED) is 0.658. The number of nitrogens with one attached hydrogen (secondary N) is 1. The SMILES string of the molecule is C[C@H]1CC[C@H](NCCOCCO)C[C@@H]1C. The number of aliphatic hydroxyl groups is 1. The lowest BCUT2D eigenvalue weighted by atomic mass is 9.79. The van der Waals surface area contributed by atoms with Crippen molar-refractivity contribution >= 4 is 0 Å². The highest BCUT2D eigenvalue weighted by Crippen LogP contribution is 2.29. The summed E-state index contributed by atoms with van der Waals surface area (Å²) in [5.74, 6) is 1.73. The van der Waals surface area contributed by atoms with E-state index in [2.05, 4.69) is 19.2 Å². The molecule has 3 atom stereocenters. The first-order valence-electron chi connectivity index (χ1n) is 6.16. The Morgan fingerprint density at radius 1 is 1.20 bits per heavy atom. The highest BCUT2D eigenvalue weighted by molar-refractivity contribution is 4.79. The lowest BCUT2D eigenvalue weighted by molar-refractivity contribution is 0.0903. The molecular weight excluding hydrogens is 190 g/mol. The molecule has 0 bridgehead atoms. The van der Waals surface area contributed by atoms with Crippen LogP contribution in [-0.2, 0) is 4.74 Å². The highest BCUT2D eigenvalue weighted by Gasteiger charge is 2.23. The van der Waals surface area contributed by atoms with E-state index >= 15 is 0 Å². The number of hydrogen-bond acceptors (Lipinski definition) is 3. The van der Waals surface area contributed by atoms with E-state index in [4.69, 9.17) is 9.84 Å². The van der Waals surface area contributed by atoms with E-state index < -0.39 is 0 Å².